The minimum atomic E-state index is -0.366. The molecule has 8 nitrogen and oxygen atoms in total. The minimum absolute atomic E-state index is 0.0137. The first-order chi connectivity index (χ1) is 20.6. The second-order valence-electron chi connectivity index (χ2n) is 11.6. The van der Waals surface area contributed by atoms with Crippen molar-refractivity contribution in [2.24, 2.45) is 0 Å². The molecular weight excluding hydrogens is 546 g/mol. The predicted molar refractivity (Wildman–Crippen MR) is 168 cm³/mol. The number of aromatic nitrogens is 2. The van der Waals surface area contributed by atoms with Crippen molar-refractivity contribution in [3.8, 4) is 11.3 Å². The van der Waals surface area contributed by atoms with E-state index in [0.29, 0.717) is 31.2 Å². The molecule has 0 bridgehead atoms. The first-order valence-electron chi connectivity index (χ1n) is 15.5. The highest BCUT2D eigenvalue weighted by Crippen LogP contribution is 2.45. The molecule has 2 amide bonds. The molecule has 0 spiro atoms. The van der Waals surface area contributed by atoms with Crippen molar-refractivity contribution >= 4 is 38.5 Å². The van der Waals surface area contributed by atoms with E-state index in [1.807, 2.05) is 18.2 Å². The fourth-order valence-electron chi connectivity index (χ4n) is 5.78. The summed E-state index contributed by atoms with van der Waals surface area (Å²) >= 11 is 1.61. The van der Waals surface area contributed by atoms with Crippen LogP contribution in [-0.4, -0.2) is 59.1 Å². The molecule has 2 aromatic carbocycles. The first-order valence-corrected chi connectivity index (χ1v) is 16.4. The van der Waals surface area contributed by atoms with Crippen LogP contribution < -0.4 is 10.6 Å². The van der Waals surface area contributed by atoms with Crippen LogP contribution in [0.25, 0.3) is 26.4 Å². The van der Waals surface area contributed by atoms with Crippen molar-refractivity contribution in [1.29, 1.82) is 0 Å². The Labute approximate surface area is 251 Å². The molecule has 222 valence electrons. The molecule has 1 saturated heterocycles. The van der Waals surface area contributed by atoms with Gasteiger partial charge in [-0.1, -0.05) is 49.3 Å². The van der Waals surface area contributed by atoms with Crippen LogP contribution in [0.15, 0.2) is 42.6 Å². The Kier molecular flexibility index (Phi) is 9.05. The third-order valence-electron chi connectivity index (χ3n) is 8.32. The van der Waals surface area contributed by atoms with Crippen LogP contribution in [0.2, 0.25) is 0 Å². The van der Waals surface area contributed by atoms with Crippen molar-refractivity contribution in [2.75, 3.05) is 32.8 Å². The van der Waals surface area contributed by atoms with Gasteiger partial charge in [0.1, 0.15) is 0 Å². The van der Waals surface area contributed by atoms with Gasteiger partial charge >= 0.3 is 6.09 Å². The molecule has 1 aliphatic heterocycles. The maximum absolute atomic E-state index is 12.8. The lowest BCUT2D eigenvalue weighted by Gasteiger charge is -2.26. The number of thiazole rings is 1. The molecule has 0 atom stereocenters. The Morgan fingerprint density at radius 3 is 2.71 bits per heavy atom. The summed E-state index contributed by atoms with van der Waals surface area (Å²) in [5, 5.41) is 5.97. The Morgan fingerprint density at radius 2 is 1.90 bits per heavy atom. The summed E-state index contributed by atoms with van der Waals surface area (Å²) < 4.78 is 8.41. The van der Waals surface area contributed by atoms with Gasteiger partial charge in [0.25, 0.3) is 5.91 Å². The zero-order valence-corrected chi connectivity index (χ0v) is 25.3. The van der Waals surface area contributed by atoms with Gasteiger partial charge in [-0.3, -0.25) is 9.20 Å². The van der Waals surface area contributed by atoms with Crippen LogP contribution in [0, 0.1) is 0 Å². The van der Waals surface area contributed by atoms with Crippen molar-refractivity contribution in [3.63, 3.8) is 0 Å². The molecule has 1 aliphatic carbocycles. The lowest BCUT2D eigenvalue weighted by molar-refractivity contribution is 0.0951. The second-order valence-corrected chi connectivity index (χ2v) is 12.6. The van der Waals surface area contributed by atoms with E-state index in [4.69, 9.17) is 9.72 Å². The van der Waals surface area contributed by atoms with Gasteiger partial charge in [0.2, 0.25) is 0 Å². The smallest absolute Gasteiger partial charge is 0.407 e. The van der Waals surface area contributed by atoms with Crippen LogP contribution >= 0.6 is 11.3 Å². The normalized spacial score (nSPS) is 15.7. The average molecular weight is 588 g/mol. The predicted octanol–water partition coefficient (Wildman–Crippen LogP) is 6.73. The number of rotatable bonds is 12. The number of hydrogen-bond donors (Lipinski definition) is 2. The molecule has 1 saturated carbocycles. The highest BCUT2D eigenvalue weighted by atomic mass is 32.1. The van der Waals surface area contributed by atoms with E-state index in [2.05, 4.69) is 51.3 Å². The number of piperidine rings is 1. The van der Waals surface area contributed by atoms with E-state index in [9.17, 15) is 9.59 Å². The van der Waals surface area contributed by atoms with E-state index in [1.54, 1.807) is 11.3 Å². The molecule has 0 radical (unpaired) electrons. The molecular formula is C33H41N5O3S. The van der Waals surface area contributed by atoms with Gasteiger partial charge in [-0.05, 0) is 93.4 Å². The number of nitrogens with one attached hydrogen (secondary N) is 2. The Morgan fingerprint density at radius 1 is 1.05 bits per heavy atom. The molecule has 0 unspecified atom stereocenters. The molecule has 2 N–H and O–H groups in total. The maximum atomic E-state index is 12.8. The monoisotopic (exact) mass is 587 g/mol. The van der Waals surface area contributed by atoms with Crippen LogP contribution in [-0.2, 0) is 11.3 Å². The number of ether oxygens (including phenoxy) is 1. The van der Waals surface area contributed by atoms with Crippen LogP contribution in [0.3, 0.4) is 0 Å². The zero-order valence-electron chi connectivity index (χ0n) is 24.5. The zero-order chi connectivity index (χ0) is 28.9. The number of benzene rings is 2. The van der Waals surface area contributed by atoms with Crippen LogP contribution in [0.5, 0.6) is 0 Å². The SMILES string of the molecule is CCCCOC(=O)NCc1ccc(-c2cn3c(n2)sc2cc(C(=O)NCCCN4CCCCC4)ccc23)c(C2CC2)c1. The van der Waals surface area contributed by atoms with Crippen LogP contribution in [0.1, 0.15) is 85.7 Å². The Balaban J connectivity index is 1.11. The number of amides is 2. The second kappa shape index (κ2) is 13.3. The number of carbonyl (C=O) groups is 2. The molecule has 2 aromatic heterocycles. The van der Waals surface area contributed by atoms with Gasteiger partial charge in [-0.2, -0.15) is 0 Å². The van der Waals surface area contributed by atoms with Crippen molar-refractivity contribution in [2.45, 2.75) is 70.8 Å². The third kappa shape index (κ3) is 6.79. The minimum Gasteiger partial charge on any atom is -0.450 e. The fourth-order valence-corrected chi connectivity index (χ4v) is 6.83. The summed E-state index contributed by atoms with van der Waals surface area (Å²) in [4.78, 5) is 33.3. The first kappa shape index (κ1) is 28.7. The fraction of sp³-hybridized carbons (Fsp3) is 0.485. The standard InChI is InChI=1S/C33H41N5O3S/c1-2-3-18-41-33(40)35-21-23-8-12-26(27(19-23)24-9-10-24)28-22-38-29-13-11-25(20-30(29)42-32(38)36-28)31(39)34-14-7-17-37-15-5-4-6-16-37/h8,11-13,19-20,22,24H,2-7,9-10,14-18,21H2,1H3,(H,34,39)(H,35,40). The average Bonchev–Trinajstić information content (AvgIpc) is 3.70. The summed E-state index contributed by atoms with van der Waals surface area (Å²) in [5.74, 6) is 0.522. The van der Waals surface area contributed by atoms with E-state index >= 15 is 0 Å². The number of carbonyl (C=O) groups excluding carboxylic acids is 2. The van der Waals surface area contributed by atoms with Crippen LogP contribution in [0.4, 0.5) is 4.79 Å². The Hall–Kier alpha value is -3.43. The van der Waals surface area contributed by atoms with E-state index in [-0.39, 0.29) is 12.0 Å². The summed E-state index contributed by atoms with van der Waals surface area (Å²) in [5.41, 5.74) is 6.22. The quantitative estimate of drug-likeness (QED) is 0.180. The summed E-state index contributed by atoms with van der Waals surface area (Å²) in [6.07, 6.45) is 10.9. The third-order valence-corrected chi connectivity index (χ3v) is 9.34. The summed E-state index contributed by atoms with van der Waals surface area (Å²) in [6.45, 7) is 7.11. The molecule has 2 fully saturated rings. The number of nitrogens with zero attached hydrogens (tertiary/aromatic N) is 3. The highest BCUT2D eigenvalue weighted by molar-refractivity contribution is 7.23. The van der Waals surface area contributed by atoms with Gasteiger partial charge in [-0.15, -0.1) is 0 Å². The van der Waals surface area contributed by atoms with Gasteiger partial charge in [-0.25, -0.2) is 9.78 Å². The number of hydrogen-bond acceptors (Lipinski definition) is 6. The van der Waals surface area contributed by atoms with E-state index in [0.717, 1.165) is 57.8 Å². The Bertz CT molecular complexity index is 1550. The van der Waals surface area contributed by atoms with Crippen molar-refractivity contribution in [1.82, 2.24) is 24.9 Å². The van der Waals surface area contributed by atoms with Gasteiger partial charge in [0.05, 0.1) is 22.5 Å². The number of fused-ring (bicyclic) bond motifs is 3. The molecule has 2 aliphatic rings. The summed E-state index contributed by atoms with van der Waals surface area (Å²) in [6, 6.07) is 12.3. The van der Waals surface area contributed by atoms with Gasteiger partial charge in [0.15, 0.2) is 4.96 Å². The topological polar surface area (TPSA) is 88.0 Å². The molecule has 9 heteroatoms. The van der Waals surface area contributed by atoms with E-state index < -0.39 is 0 Å². The number of unbranched alkanes of at least 4 members (excludes halogenated alkanes) is 1. The van der Waals surface area contributed by atoms with Gasteiger partial charge in [0, 0.05) is 30.4 Å². The number of imidazole rings is 1. The largest absolute Gasteiger partial charge is 0.450 e. The molecule has 4 aromatic rings. The lowest BCUT2D eigenvalue weighted by atomic mass is 9.98. The number of likely N-dealkylation sites (tertiary alicyclic amines) is 1. The van der Waals surface area contributed by atoms with Crippen molar-refractivity contribution < 1.29 is 14.3 Å². The summed E-state index contributed by atoms with van der Waals surface area (Å²) in [7, 11) is 0. The molecule has 3 heterocycles. The van der Waals surface area contributed by atoms with Gasteiger partial charge < -0.3 is 20.3 Å². The lowest BCUT2D eigenvalue weighted by Crippen LogP contribution is -2.33. The maximum Gasteiger partial charge on any atom is 0.407 e. The highest BCUT2D eigenvalue weighted by Gasteiger charge is 2.28. The van der Waals surface area contributed by atoms with E-state index in [1.165, 1.54) is 50.8 Å². The molecule has 42 heavy (non-hydrogen) atoms. The number of alkyl carbamates (subject to hydrolysis) is 1. The van der Waals surface area contributed by atoms with Crippen molar-refractivity contribution in [3.05, 3.63) is 59.3 Å². The molecule has 6 rings (SSSR count).